The van der Waals surface area contributed by atoms with Crippen LogP contribution in [0, 0.1) is 0 Å². The summed E-state index contributed by atoms with van der Waals surface area (Å²) in [4.78, 5) is 26.4. The highest BCUT2D eigenvalue weighted by molar-refractivity contribution is 5.91. The SMILES string of the molecule is O=C(O[C@H]1[C@H](Oc2c(-c3ccc(O)c(O)c3)oc3cc(O)cc(O)c3c2=O)OC[C@H](O)[C@@H]1O)c1cc(O)c(O)c(O)c1. The molecule has 1 aliphatic heterocycles. The average Bonchev–Trinajstić information content (AvgIpc) is 2.93. The Bertz CT molecular complexity index is 1740. The highest BCUT2D eigenvalue weighted by atomic mass is 16.7. The Labute approximate surface area is 233 Å². The second-order valence-electron chi connectivity index (χ2n) is 9.24. The van der Waals surface area contributed by atoms with E-state index in [1.54, 1.807) is 0 Å². The summed E-state index contributed by atoms with van der Waals surface area (Å²) < 4.78 is 22.1. The van der Waals surface area contributed by atoms with Crippen molar-refractivity contribution in [2.45, 2.75) is 24.6 Å². The number of ether oxygens (including phenoxy) is 3. The topological polar surface area (TPSA) is 257 Å². The normalized spacial score (nSPS) is 20.3. The monoisotopic (exact) mass is 586 g/mol. The van der Waals surface area contributed by atoms with Gasteiger partial charge in [0.1, 0.15) is 34.7 Å². The van der Waals surface area contributed by atoms with Gasteiger partial charge in [0.15, 0.2) is 40.6 Å². The third-order valence-corrected chi connectivity index (χ3v) is 6.37. The van der Waals surface area contributed by atoms with Crippen LogP contribution in [-0.4, -0.2) is 83.1 Å². The number of esters is 1. The van der Waals surface area contributed by atoms with Gasteiger partial charge in [-0.1, -0.05) is 0 Å². The maximum Gasteiger partial charge on any atom is 0.339 e. The molecular weight excluding hydrogens is 564 g/mol. The van der Waals surface area contributed by atoms with Crippen molar-refractivity contribution >= 4 is 16.9 Å². The van der Waals surface area contributed by atoms with Crippen molar-refractivity contribution in [1.82, 2.24) is 0 Å². The zero-order valence-electron chi connectivity index (χ0n) is 21.0. The zero-order valence-corrected chi connectivity index (χ0v) is 21.0. The number of hydrogen-bond acceptors (Lipinski definition) is 15. The maximum absolute atomic E-state index is 13.6. The van der Waals surface area contributed by atoms with Crippen LogP contribution in [-0.2, 0) is 9.47 Å². The van der Waals surface area contributed by atoms with Gasteiger partial charge in [0, 0.05) is 17.7 Å². The minimum absolute atomic E-state index is 0.0397. The molecule has 220 valence electrons. The van der Waals surface area contributed by atoms with E-state index in [1.807, 2.05) is 0 Å². The number of phenolic OH excluding ortho intramolecular Hbond substituents is 7. The Morgan fingerprint density at radius 2 is 1.52 bits per heavy atom. The highest BCUT2D eigenvalue weighted by Gasteiger charge is 2.44. The molecule has 0 unspecified atom stereocenters. The summed E-state index contributed by atoms with van der Waals surface area (Å²) in [5.74, 6) is -7.28. The van der Waals surface area contributed by atoms with Gasteiger partial charge in [-0.25, -0.2) is 4.79 Å². The molecule has 0 saturated carbocycles. The van der Waals surface area contributed by atoms with Gasteiger partial charge < -0.3 is 64.6 Å². The smallest absolute Gasteiger partial charge is 0.339 e. The number of aliphatic hydroxyl groups is 2. The lowest BCUT2D eigenvalue weighted by molar-refractivity contribution is -0.241. The third-order valence-electron chi connectivity index (χ3n) is 6.37. The molecule has 42 heavy (non-hydrogen) atoms. The summed E-state index contributed by atoms with van der Waals surface area (Å²) in [5.41, 5.74) is -1.85. The van der Waals surface area contributed by atoms with E-state index in [2.05, 4.69) is 0 Å². The fourth-order valence-electron chi connectivity index (χ4n) is 4.25. The highest BCUT2D eigenvalue weighted by Crippen LogP contribution is 2.40. The Morgan fingerprint density at radius 1 is 0.833 bits per heavy atom. The molecule has 2 heterocycles. The lowest BCUT2D eigenvalue weighted by Crippen LogP contribution is -2.56. The molecule has 9 N–H and O–H groups in total. The number of benzene rings is 3. The van der Waals surface area contributed by atoms with Crippen LogP contribution in [0.25, 0.3) is 22.3 Å². The Balaban J connectivity index is 1.60. The van der Waals surface area contributed by atoms with Crippen molar-refractivity contribution in [1.29, 1.82) is 0 Å². The summed E-state index contributed by atoms with van der Waals surface area (Å²) >= 11 is 0. The molecule has 15 heteroatoms. The minimum Gasteiger partial charge on any atom is -0.508 e. The summed E-state index contributed by atoms with van der Waals surface area (Å²) in [7, 11) is 0. The summed E-state index contributed by atoms with van der Waals surface area (Å²) in [6.07, 6.45) is -7.14. The fourth-order valence-corrected chi connectivity index (χ4v) is 4.25. The van der Waals surface area contributed by atoms with E-state index in [0.717, 1.165) is 36.4 Å². The summed E-state index contributed by atoms with van der Waals surface area (Å²) in [5, 5.41) is 89.4. The third kappa shape index (κ3) is 4.98. The molecule has 0 radical (unpaired) electrons. The van der Waals surface area contributed by atoms with Crippen molar-refractivity contribution in [3.8, 4) is 57.3 Å². The van der Waals surface area contributed by atoms with Crippen LogP contribution in [0.3, 0.4) is 0 Å². The minimum atomic E-state index is -1.86. The lowest BCUT2D eigenvalue weighted by Gasteiger charge is -2.37. The summed E-state index contributed by atoms with van der Waals surface area (Å²) in [6, 6.07) is 6.71. The first-order valence-electron chi connectivity index (χ1n) is 12.0. The standard InChI is InChI=1S/C27H22O15/c28-11-6-14(31)19-18(7-11)40-23(9-1-2-12(29)13(30)3-9)24(22(19)37)42-27-25(21(36)17(34)8-39-27)41-26(38)10-4-15(32)20(35)16(33)5-10/h1-7,17,21,25,27-36H,8H2/t17-,21-,25+,27-/m0/s1. The molecule has 0 amide bonds. The first kappa shape index (κ1) is 28.2. The molecule has 3 aromatic carbocycles. The molecule has 1 aromatic heterocycles. The molecule has 4 atom stereocenters. The second-order valence-corrected chi connectivity index (χ2v) is 9.24. The number of carbonyl (C=O) groups is 1. The van der Waals surface area contributed by atoms with Gasteiger partial charge in [-0.05, 0) is 30.3 Å². The van der Waals surface area contributed by atoms with Crippen molar-refractivity contribution < 1.29 is 69.4 Å². The molecule has 1 aliphatic rings. The number of hydrogen-bond donors (Lipinski definition) is 9. The van der Waals surface area contributed by atoms with E-state index in [0.29, 0.717) is 0 Å². The number of aromatic hydroxyl groups is 7. The van der Waals surface area contributed by atoms with E-state index < -0.39 is 105 Å². The Kier molecular flexibility index (Phi) is 7.07. The van der Waals surface area contributed by atoms with Crippen molar-refractivity contribution in [2.24, 2.45) is 0 Å². The first-order valence-corrected chi connectivity index (χ1v) is 12.0. The second kappa shape index (κ2) is 10.5. The number of aliphatic hydroxyl groups excluding tert-OH is 2. The van der Waals surface area contributed by atoms with Gasteiger partial charge in [0.05, 0.1) is 12.2 Å². The number of phenols is 7. The van der Waals surface area contributed by atoms with E-state index in [-0.39, 0.29) is 11.1 Å². The molecule has 1 saturated heterocycles. The quantitative estimate of drug-likeness (QED) is 0.117. The van der Waals surface area contributed by atoms with Gasteiger partial charge in [-0.15, -0.1) is 0 Å². The zero-order chi connectivity index (χ0) is 30.5. The van der Waals surface area contributed by atoms with Crippen LogP contribution >= 0.6 is 0 Å². The maximum atomic E-state index is 13.6. The van der Waals surface area contributed by atoms with Gasteiger partial charge >= 0.3 is 5.97 Å². The fraction of sp³-hybridized carbons (Fsp3) is 0.185. The molecule has 0 spiro atoms. The molecule has 15 nitrogen and oxygen atoms in total. The Hall–Kier alpha value is -5.38. The number of carbonyl (C=O) groups excluding carboxylic acids is 1. The number of fused-ring (bicyclic) bond motifs is 1. The van der Waals surface area contributed by atoms with Gasteiger partial charge in [-0.2, -0.15) is 0 Å². The first-order chi connectivity index (χ1) is 19.8. The lowest BCUT2D eigenvalue weighted by atomic mass is 10.0. The molecule has 0 bridgehead atoms. The van der Waals surface area contributed by atoms with Gasteiger partial charge in [-0.3, -0.25) is 4.79 Å². The van der Waals surface area contributed by atoms with E-state index in [9.17, 15) is 55.5 Å². The van der Waals surface area contributed by atoms with Gasteiger partial charge in [0.25, 0.3) is 0 Å². The van der Waals surface area contributed by atoms with Crippen molar-refractivity contribution in [3.05, 3.63) is 58.3 Å². The van der Waals surface area contributed by atoms with Crippen LogP contribution < -0.4 is 10.2 Å². The summed E-state index contributed by atoms with van der Waals surface area (Å²) in [6.45, 7) is -0.561. The van der Waals surface area contributed by atoms with E-state index in [4.69, 9.17) is 18.6 Å². The van der Waals surface area contributed by atoms with Crippen LogP contribution in [0.5, 0.6) is 46.0 Å². The molecule has 4 aromatic rings. The molecule has 1 fully saturated rings. The van der Waals surface area contributed by atoms with Crippen molar-refractivity contribution in [3.63, 3.8) is 0 Å². The van der Waals surface area contributed by atoms with Crippen LogP contribution in [0.1, 0.15) is 10.4 Å². The Morgan fingerprint density at radius 3 is 2.19 bits per heavy atom. The van der Waals surface area contributed by atoms with Crippen molar-refractivity contribution in [2.75, 3.05) is 6.61 Å². The van der Waals surface area contributed by atoms with E-state index >= 15 is 0 Å². The van der Waals surface area contributed by atoms with Gasteiger partial charge in [0.2, 0.25) is 17.5 Å². The predicted octanol–water partition coefficient (Wildman–Crippen LogP) is 1.08. The predicted molar refractivity (Wildman–Crippen MR) is 138 cm³/mol. The largest absolute Gasteiger partial charge is 0.508 e. The van der Waals surface area contributed by atoms with Crippen LogP contribution in [0.15, 0.2) is 51.7 Å². The average molecular weight is 586 g/mol. The molecular formula is C27H22O15. The van der Waals surface area contributed by atoms with Crippen LogP contribution in [0.4, 0.5) is 0 Å². The van der Waals surface area contributed by atoms with Crippen LogP contribution in [0.2, 0.25) is 0 Å². The number of rotatable bonds is 5. The molecule has 5 rings (SSSR count). The van der Waals surface area contributed by atoms with E-state index in [1.165, 1.54) is 6.07 Å². The molecule has 0 aliphatic carbocycles.